The summed E-state index contributed by atoms with van der Waals surface area (Å²) in [5.74, 6) is 0. The molecule has 114 valence electrons. The van der Waals surface area contributed by atoms with Crippen LogP contribution in [0.1, 0.15) is 24.5 Å². The molecule has 0 aromatic heterocycles. The monoisotopic (exact) mass is 289 g/mol. The van der Waals surface area contributed by atoms with Gasteiger partial charge in [0.25, 0.3) is 0 Å². The van der Waals surface area contributed by atoms with Gasteiger partial charge in [0.1, 0.15) is 6.29 Å². The van der Waals surface area contributed by atoms with Crippen molar-refractivity contribution in [3.05, 3.63) is 35.4 Å². The predicted molar refractivity (Wildman–Crippen MR) is 74.8 cm³/mol. The van der Waals surface area contributed by atoms with E-state index in [1.807, 2.05) is 38.1 Å². The molecule has 0 bridgehead atoms. The van der Waals surface area contributed by atoms with E-state index in [0.29, 0.717) is 13.0 Å². The summed E-state index contributed by atoms with van der Waals surface area (Å²) in [4.78, 5) is 11.3. The minimum atomic E-state index is -4.05. The molecule has 0 fully saturated rings. The predicted octanol–water partition coefficient (Wildman–Crippen LogP) is 3.63. The van der Waals surface area contributed by atoms with Crippen molar-refractivity contribution in [2.45, 2.75) is 32.9 Å². The van der Waals surface area contributed by atoms with E-state index in [1.54, 1.807) is 0 Å². The van der Waals surface area contributed by atoms with E-state index in [2.05, 4.69) is 0 Å². The highest BCUT2D eigenvalue weighted by Gasteiger charge is 2.28. The first-order chi connectivity index (χ1) is 9.28. The number of aldehydes is 1. The van der Waals surface area contributed by atoms with Crippen LogP contribution in [0.4, 0.5) is 13.2 Å². The van der Waals surface area contributed by atoms with E-state index >= 15 is 0 Å². The van der Waals surface area contributed by atoms with Crippen molar-refractivity contribution in [3.63, 3.8) is 0 Å². The molecule has 20 heavy (non-hydrogen) atoms. The molecule has 0 atom stereocenters. The van der Waals surface area contributed by atoms with Crippen LogP contribution in [-0.2, 0) is 11.2 Å². The van der Waals surface area contributed by atoms with Crippen molar-refractivity contribution < 1.29 is 18.0 Å². The second kappa shape index (κ2) is 9.53. The van der Waals surface area contributed by atoms with Gasteiger partial charge >= 0.3 is 6.18 Å². The van der Waals surface area contributed by atoms with Crippen LogP contribution >= 0.6 is 0 Å². The van der Waals surface area contributed by atoms with Crippen LogP contribution in [0.25, 0.3) is 0 Å². The molecule has 0 radical (unpaired) electrons. The number of carbonyl (C=O) groups is 1. The Hall–Kier alpha value is -1.36. The van der Waals surface area contributed by atoms with Gasteiger partial charge in [0, 0.05) is 6.42 Å². The Bertz CT molecular complexity index is 374. The first-order valence-corrected chi connectivity index (χ1v) is 6.53. The fourth-order valence-corrected chi connectivity index (χ4v) is 1.59. The Balaban J connectivity index is 0.000000361. The van der Waals surface area contributed by atoms with E-state index in [9.17, 15) is 18.0 Å². The topological polar surface area (TPSA) is 20.3 Å². The average Bonchev–Trinajstić information content (AvgIpc) is 2.31. The molecule has 1 aromatic carbocycles. The summed E-state index contributed by atoms with van der Waals surface area (Å²) in [5.41, 5.74) is 2.32. The number of hydrogen-bond acceptors (Lipinski definition) is 2. The summed E-state index contributed by atoms with van der Waals surface area (Å²) in [7, 11) is 1.47. The van der Waals surface area contributed by atoms with Crippen molar-refractivity contribution in [3.8, 4) is 0 Å². The summed E-state index contributed by atoms with van der Waals surface area (Å²) in [6.45, 7) is 3.58. The van der Waals surface area contributed by atoms with Gasteiger partial charge in [-0.15, -0.1) is 0 Å². The second-order valence-corrected chi connectivity index (χ2v) is 4.71. The Kier molecular flexibility index (Phi) is 8.88. The van der Waals surface area contributed by atoms with Crippen LogP contribution < -0.4 is 0 Å². The molecule has 2 nitrogen and oxygen atoms in total. The van der Waals surface area contributed by atoms with Crippen LogP contribution in [-0.4, -0.2) is 37.5 Å². The van der Waals surface area contributed by atoms with E-state index < -0.39 is 12.7 Å². The maximum absolute atomic E-state index is 11.6. The normalized spacial score (nSPS) is 10.9. The fourth-order valence-electron chi connectivity index (χ4n) is 1.59. The number of hydrogen-bond donors (Lipinski definition) is 0. The number of benzene rings is 1. The van der Waals surface area contributed by atoms with E-state index in [4.69, 9.17) is 0 Å². The molecular weight excluding hydrogens is 267 g/mol. The average molecular weight is 289 g/mol. The molecule has 1 aromatic rings. The SMILES string of the molecule is CCCN(C)CC(F)(F)F.Cc1ccc(CC=O)cc1. The maximum Gasteiger partial charge on any atom is 0.401 e. The van der Waals surface area contributed by atoms with Gasteiger partial charge < -0.3 is 4.79 Å². The molecule has 0 saturated carbocycles. The smallest absolute Gasteiger partial charge is 0.303 e. The molecule has 0 saturated heterocycles. The van der Waals surface area contributed by atoms with Gasteiger partial charge in [-0.25, -0.2) is 0 Å². The number of halogens is 3. The molecule has 0 aliphatic heterocycles. The van der Waals surface area contributed by atoms with Crippen molar-refractivity contribution in [2.24, 2.45) is 0 Å². The highest BCUT2D eigenvalue weighted by Crippen LogP contribution is 2.15. The third kappa shape index (κ3) is 10.6. The lowest BCUT2D eigenvalue weighted by atomic mass is 10.1. The summed E-state index contributed by atoms with van der Waals surface area (Å²) in [6, 6.07) is 7.98. The van der Waals surface area contributed by atoms with Gasteiger partial charge in [0.15, 0.2) is 0 Å². The van der Waals surface area contributed by atoms with Crippen molar-refractivity contribution in [1.29, 1.82) is 0 Å². The molecular formula is C15H22F3NO. The van der Waals surface area contributed by atoms with Crippen LogP contribution in [0.15, 0.2) is 24.3 Å². The van der Waals surface area contributed by atoms with Crippen molar-refractivity contribution in [1.82, 2.24) is 4.90 Å². The third-order valence-corrected chi connectivity index (χ3v) is 2.49. The molecule has 0 spiro atoms. The minimum absolute atomic E-state index is 0.500. The van der Waals surface area contributed by atoms with Crippen molar-refractivity contribution in [2.75, 3.05) is 20.1 Å². The Labute approximate surface area is 118 Å². The van der Waals surface area contributed by atoms with Gasteiger partial charge in [-0.1, -0.05) is 36.8 Å². The van der Waals surface area contributed by atoms with Gasteiger partial charge in [0.05, 0.1) is 6.54 Å². The number of aryl methyl sites for hydroxylation is 1. The van der Waals surface area contributed by atoms with Crippen molar-refractivity contribution >= 4 is 6.29 Å². The first-order valence-electron chi connectivity index (χ1n) is 6.53. The van der Waals surface area contributed by atoms with Crippen LogP contribution in [0, 0.1) is 6.92 Å². The largest absolute Gasteiger partial charge is 0.401 e. The van der Waals surface area contributed by atoms with E-state index in [1.165, 1.54) is 17.5 Å². The summed E-state index contributed by atoms with van der Waals surface area (Å²) in [5, 5.41) is 0. The van der Waals surface area contributed by atoms with Crippen LogP contribution in [0.2, 0.25) is 0 Å². The number of rotatable bonds is 5. The number of nitrogens with zero attached hydrogens (tertiary/aromatic N) is 1. The molecule has 0 aliphatic rings. The molecule has 5 heteroatoms. The second-order valence-electron chi connectivity index (χ2n) is 4.71. The molecule has 0 N–H and O–H groups in total. The van der Waals surface area contributed by atoms with E-state index in [-0.39, 0.29) is 0 Å². The summed E-state index contributed by atoms with van der Waals surface area (Å²) >= 11 is 0. The standard InChI is InChI=1S/C9H10O.C6H12F3N/c1-8-2-4-9(5-3-8)6-7-10;1-3-4-10(2)5-6(7,8)9/h2-5,7H,6H2,1H3;3-5H2,1-2H3. The number of carbonyl (C=O) groups excluding carboxylic acids is 1. The molecule has 1 rings (SSSR count). The summed E-state index contributed by atoms with van der Waals surface area (Å²) < 4.78 is 34.8. The zero-order valence-corrected chi connectivity index (χ0v) is 12.2. The zero-order chi connectivity index (χ0) is 15.6. The minimum Gasteiger partial charge on any atom is -0.303 e. The molecule has 0 unspecified atom stereocenters. The third-order valence-electron chi connectivity index (χ3n) is 2.49. The summed E-state index contributed by atoms with van der Waals surface area (Å²) in [6.07, 6.45) is -1.85. The Morgan fingerprint density at radius 3 is 2.15 bits per heavy atom. The molecule has 0 aliphatic carbocycles. The lowest BCUT2D eigenvalue weighted by Gasteiger charge is -2.16. The molecule has 0 heterocycles. The Morgan fingerprint density at radius 1 is 1.20 bits per heavy atom. The first kappa shape index (κ1) is 18.6. The number of alkyl halides is 3. The lowest BCUT2D eigenvalue weighted by Crippen LogP contribution is -2.31. The molecule has 0 amide bonds. The quantitative estimate of drug-likeness (QED) is 0.772. The van der Waals surface area contributed by atoms with Gasteiger partial charge in [-0.05, 0) is 32.5 Å². The fraction of sp³-hybridized carbons (Fsp3) is 0.533. The maximum atomic E-state index is 11.6. The van der Waals surface area contributed by atoms with Gasteiger partial charge in [0.2, 0.25) is 0 Å². The Morgan fingerprint density at radius 2 is 1.75 bits per heavy atom. The van der Waals surface area contributed by atoms with Gasteiger partial charge in [-0.2, -0.15) is 13.2 Å². The highest BCUT2D eigenvalue weighted by molar-refractivity contribution is 5.54. The van der Waals surface area contributed by atoms with Crippen LogP contribution in [0.3, 0.4) is 0 Å². The zero-order valence-electron chi connectivity index (χ0n) is 12.2. The van der Waals surface area contributed by atoms with Gasteiger partial charge in [-0.3, -0.25) is 4.90 Å². The van der Waals surface area contributed by atoms with Crippen LogP contribution in [0.5, 0.6) is 0 Å². The van der Waals surface area contributed by atoms with E-state index in [0.717, 1.165) is 18.3 Å². The highest BCUT2D eigenvalue weighted by atomic mass is 19.4. The lowest BCUT2D eigenvalue weighted by molar-refractivity contribution is -0.142.